The second-order valence-corrected chi connectivity index (χ2v) is 6.05. The average Bonchev–Trinajstić information content (AvgIpc) is 3.11. The number of benzene rings is 2. The molecular weight excluding hydrogens is 358 g/mol. The number of halogens is 1. The van der Waals surface area contributed by atoms with Gasteiger partial charge in [-0.15, -0.1) is 0 Å². The molecule has 23 heavy (non-hydrogen) atoms. The molecule has 4 aromatic rings. The number of rotatable bonds is 3. The number of hydrogen-bond donors (Lipinski definition) is 1. The molecule has 0 aliphatic rings. The Morgan fingerprint density at radius 2 is 1.96 bits per heavy atom. The van der Waals surface area contributed by atoms with Crippen molar-refractivity contribution >= 4 is 32.8 Å². The molecule has 2 aromatic carbocycles. The maximum atomic E-state index is 5.85. The highest BCUT2D eigenvalue weighted by Gasteiger charge is 2.19. The van der Waals surface area contributed by atoms with Gasteiger partial charge in [0.1, 0.15) is 0 Å². The molecule has 7 heteroatoms. The summed E-state index contributed by atoms with van der Waals surface area (Å²) in [5.41, 5.74) is 9.32. The van der Waals surface area contributed by atoms with Crippen LogP contribution in [-0.4, -0.2) is 19.9 Å². The van der Waals surface area contributed by atoms with Crippen molar-refractivity contribution in [3.05, 3.63) is 58.6 Å². The van der Waals surface area contributed by atoms with Crippen LogP contribution in [-0.2, 0) is 6.54 Å². The zero-order valence-electron chi connectivity index (χ0n) is 12.0. The van der Waals surface area contributed by atoms with Crippen LogP contribution in [0.5, 0.6) is 0 Å². The van der Waals surface area contributed by atoms with E-state index in [-0.39, 0.29) is 5.82 Å². The third-order valence-electron chi connectivity index (χ3n) is 3.61. The van der Waals surface area contributed by atoms with Gasteiger partial charge in [0.25, 0.3) is 0 Å². The molecule has 2 N–H and O–H groups in total. The summed E-state index contributed by atoms with van der Waals surface area (Å²) < 4.78 is 7.83. The molecule has 0 unspecified atom stereocenters. The summed E-state index contributed by atoms with van der Waals surface area (Å²) in [6, 6.07) is 16.0. The molecule has 2 heterocycles. The molecule has 0 bridgehead atoms. The van der Waals surface area contributed by atoms with Crippen LogP contribution >= 0.6 is 15.9 Å². The summed E-state index contributed by atoms with van der Waals surface area (Å²) in [6.07, 6.45) is 0. The van der Waals surface area contributed by atoms with E-state index in [4.69, 9.17) is 10.4 Å². The van der Waals surface area contributed by atoms with E-state index in [0.29, 0.717) is 18.1 Å². The highest BCUT2D eigenvalue weighted by molar-refractivity contribution is 9.10. The molecule has 114 valence electrons. The van der Waals surface area contributed by atoms with Crippen LogP contribution in [0, 0.1) is 0 Å². The zero-order valence-corrected chi connectivity index (χ0v) is 13.6. The van der Waals surface area contributed by atoms with Crippen LogP contribution in [0.1, 0.15) is 5.56 Å². The monoisotopic (exact) mass is 369 g/mol. The summed E-state index contributed by atoms with van der Waals surface area (Å²) >= 11 is 3.50. The Labute approximate surface area is 140 Å². The Hall–Kier alpha value is -2.67. The van der Waals surface area contributed by atoms with E-state index < -0.39 is 0 Å². The largest absolute Gasteiger partial charge is 0.379 e. The fraction of sp³-hybridized carbons (Fsp3) is 0.0625. The van der Waals surface area contributed by atoms with E-state index in [1.54, 1.807) is 0 Å². The van der Waals surface area contributed by atoms with Gasteiger partial charge in [-0.1, -0.05) is 40.2 Å². The van der Waals surface area contributed by atoms with Gasteiger partial charge in [-0.25, -0.2) is 9.61 Å². The van der Waals surface area contributed by atoms with Crippen molar-refractivity contribution in [1.29, 1.82) is 0 Å². The fourth-order valence-electron chi connectivity index (χ4n) is 2.58. The number of fused-ring (bicyclic) bond motifs is 1. The Bertz CT molecular complexity index is 991. The molecule has 0 spiro atoms. The van der Waals surface area contributed by atoms with Crippen molar-refractivity contribution in [2.24, 2.45) is 0 Å². The summed E-state index contributed by atoms with van der Waals surface area (Å²) in [6.45, 7) is 0.640. The number of hydrogen-bond acceptors (Lipinski definition) is 5. The highest BCUT2D eigenvalue weighted by atomic mass is 79.9. The van der Waals surface area contributed by atoms with Gasteiger partial charge in [0.05, 0.1) is 11.0 Å². The van der Waals surface area contributed by atoms with Crippen molar-refractivity contribution in [2.45, 2.75) is 6.54 Å². The van der Waals surface area contributed by atoms with Crippen LogP contribution in [0.3, 0.4) is 0 Å². The summed E-state index contributed by atoms with van der Waals surface area (Å²) in [7, 11) is 0. The second kappa shape index (κ2) is 5.51. The number of aromatic nitrogens is 4. The lowest BCUT2D eigenvalue weighted by Crippen LogP contribution is -2.03. The van der Waals surface area contributed by atoms with Crippen LogP contribution < -0.4 is 5.73 Å². The average molecular weight is 370 g/mol. The van der Waals surface area contributed by atoms with Gasteiger partial charge in [-0.2, -0.15) is 0 Å². The quantitative estimate of drug-likeness (QED) is 0.597. The first-order valence-corrected chi connectivity index (χ1v) is 7.80. The number of nitrogen functional groups attached to an aromatic ring is 1. The third-order valence-corrected chi connectivity index (χ3v) is 4.10. The minimum absolute atomic E-state index is 0.232. The normalized spacial score (nSPS) is 11.2. The Kier molecular flexibility index (Phi) is 3.34. The second-order valence-electron chi connectivity index (χ2n) is 5.14. The number of nitrogens with zero attached hydrogens (tertiary/aromatic N) is 4. The number of para-hydroxylation sites is 2. The summed E-state index contributed by atoms with van der Waals surface area (Å²) in [4.78, 5) is 4.64. The standard InChI is InChI=1S/C16H12BrN5O/c17-11-5-3-4-10(8-11)9-22-13-7-2-1-6-12(13)19-16(22)14-15(18)21-23-20-14/h1-8H,9H2,(H2,18,21). The predicted molar refractivity (Wildman–Crippen MR) is 90.7 cm³/mol. The maximum Gasteiger partial charge on any atom is 0.199 e. The molecule has 0 aliphatic carbocycles. The Balaban J connectivity index is 1.91. The lowest BCUT2D eigenvalue weighted by Gasteiger charge is -2.08. The molecule has 4 rings (SSSR count). The van der Waals surface area contributed by atoms with Crippen LogP contribution in [0.15, 0.2) is 57.6 Å². The molecule has 0 fully saturated rings. The maximum absolute atomic E-state index is 5.85. The summed E-state index contributed by atoms with van der Waals surface area (Å²) in [5.74, 6) is 0.876. The van der Waals surface area contributed by atoms with E-state index in [9.17, 15) is 0 Å². The highest BCUT2D eigenvalue weighted by Crippen LogP contribution is 2.27. The van der Waals surface area contributed by atoms with Crippen molar-refractivity contribution < 1.29 is 4.63 Å². The molecule has 0 saturated carbocycles. The topological polar surface area (TPSA) is 82.8 Å². The molecular formula is C16H12BrN5O. The molecule has 2 aromatic heterocycles. The molecule has 0 atom stereocenters. The van der Waals surface area contributed by atoms with E-state index in [2.05, 4.69) is 47.9 Å². The van der Waals surface area contributed by atoms with Gasteiger partial charge in [0, 0.05) is 11.0 Å². The van der Waals surface area contributed by atoms with Gasteiger partial charge < -0.3 is 10.3 Å². The lowest BCUT2D eigenvalue weighted by molar-refractivity contribution is 0.310. The van der Waals surface area contributed by atoms with Crippen LogP contribution in [0.25, 0.3) is 22.6 Å². The number of nitrogens with two attached hydrogens (primary N) is 1. The van der Waals surface area contributed by atoms with Crippen molar-refractivity contribution in [3.63, 3.8) is 0 Å². The first kappa shape index (κ1) is 14.0. The molecule has 0 amide bonds. The predicted octanol–water partition coefficient (Wildman–Crippen LogP) is 3.48. The smallest absolute Gasteiger partial charge is 0.199 e. The van der Waals surface area contributed by atoms with Gasteiger partial charge in [0.2, 0.25) is 0 Å². The Morgan fingerprint density at radius 3 is 2.74 bits per heavy atom. The molecule has 0 saturated heterocycles. The van der Waals surface area contributed by atoms with Crippen molar-refractivity contribution in [3.8, 4) is 11.5 Å². The van der Waals surface area contributed by atoms with Gasteiger partial charge in [0.15, 0.2) is 17.3 Å². The molecule has 0 radical (unpaired) electrons. The minimum atomic E-state index is 0.232. The molecule has 6 nitrogen and oxygen atoms in total. The summed E-state index contributed by atoms with van der Waals surface area (Å²) in [5, 5.41) is 7.55. The van der Waals surface area contributed by atoms with Crippen LogP contribution in [0.4, 0.5) is 5.82 Å². The van der Waals surface area contributed by atoms with Gasteiger partial charge in [-0.3, -0.25) is 0 Å². The lowest BCUT2D eigenvalue weighted by atomic mass is 10.2. The zero-order chi connectivity index (χ0) is 15.8. The van der Waals surface area contributed by atoms with Crippen molar-refractivity contribution in [1.82, 2.24) is 19.9 Å². The minimum Gasteiger partial charge on any atom is -0.379 e. The Morgan fingerprint density at radius 1 is 1.09 bits per heavy atom. The van der Waals surface area contributed by atoms with E-state index in [0.717, 1.165) is 21.1 Å². The van der Waals surface area contributed by atoms with E-state index in [1.165, 1.54) is 0 Å². The van der Waals surface area contributed by atoms with Gasteiger partial charge in [-0.05, 0) is 40.1 Å². The van der Waals surface area contributed by atoms with E-state index >= 15 is 0 Å². The third kappa shape index (κ3) is 2.49. The van der Waals surface area contributed by atoms with E-state index in [1.807, 2.05) is 36.4 Å². The SMILES string of the molecule is Nc1nonc1-c1nc2ccccc2n1Cc1cccc(Br)c1. The first-order valence-electron chi connectivity index (χ1n) is 7.00. The van der Waals surface area contributed by atoms with Crippen molar-refractivity contribution in [2.75, 3.05) is 5.73 Å². The molecule has 0 aliphatic heterocycles. The van der Waals surface area contributed by atoms with Crippen LogP contribution in [0.2, 0.25) is 0 Å². The number of anilines is 1. The van der Waals surface area contributed by atoms with Gasteiger partial charge >= 0.3 is 0 Å². The first-order chi connectivity index (χ1) is 11.2. The number of imidazole rings is 1. The fourth-order valence-corrected chi connectivity index (χ4v) is 3.03.